The first-order chi connectivity index (χ1) is 13.7. The molecular formula is C26H34O2. The number of ether oxygens (including phenoxy) is 1. The van der Waals surface area contributed by atoms with Gasteiger partial charge in [-0.2, -0.15) is 0 Å². The van der Waals surface area contributed by atoms with E-state index in [0.717, 1.165) is 31.6 Å². The van der Waals surface area contributed by atoms with Crippen LogP contribution in [0, 0.1) is 5.92 Å². The van der Waals surface area contributed by atoms with Gasteiger partial charge in [-0.05, 0) is 54.0 Å². The van der Waals surface area contributed by atoms with Gasteiger partial charge < -0.3 is 4.74 Å². The van der Waals surface area contributed by atoms with Gasteiger partial charge in [0, 0.05) is 12.3 Å². The Hall–Kier alpha value is -2.09. The molecule has 1 aliphatic carbocycles. The minimum Gasteiger partial charge on any atom is -0.494 e. The van der Waals surface area contributed by atoms with Crippen molar-refractivity contribution in [2.45, 2.75) is 71.1 Å². The lowest BCUT2D eigenvalue weighted by atomic mass is 9.76. The molecule has 2 aromatic carbocycles. The van der Waals surface area contributed by atoms with Crippen LogP contribution in [0.3, 0.4) is 0 Å². The molecule has 28 heavy (non-hydrogen) atoms. The summed E-state index contributed by atoms with van der Waals surface area (Å²) < 4.78 is 5.80. The number of hydrogen-bond donors (Lipinski definition) is 0. The minimum absolute atomic E-state index is 0.0982. The molecule has 150 valence electrons. The molecule has 0 aliphatic heterocycles. The number of carbonyl (C=O) groups excluding carboxylic acids is 1. The molecule has 0 bridgehead atoms. The van der Waals surface area contributed by atoms with Gasteiger partial charge in [0.2, 0.25) is 0 Å². The van der Waals surface area contributed by atoms with E-state index in [0.29, 0.717) is 11.7 Å². The van der Waals surface area contributed by atoms with E-state index in [1.165, 1.54) is 48.8 Å². The fourth-order valence-corrected chi connectivity index (χ4v) is 4.29. The standard InChI is InChI=1S/C26H34O2/c1-3-5-6-18-28-24-15-13-22(14-16-24)21-9-11-23(12-10-21)25-17-8-20(7-4-2)19-26(25)27/h9-16,20,25H,3-8,17-19H2,1-2H3/t20-,25+/m0/s1. The summed E-state index contributed by atoms with van der Waals surface area (Å²) in [6.45, 7) is 5.20. The van der Waals surface area contributed by atoms with Crippen molar-refractivity contribution in [2.24, 2.45) is 5.92 Å². The second-order valence-corrected chi connectivity index (χ2v) is 8.16. The molecule has 0 aromatic heterocycles. The Kier molecular flexibility index (Phi) is 7.71. The quantitative estimate of drug-likeness (QED) is 0.432. The molecule has 1 fully saturated rings. The topological polar surface area (TPSA) is 26.3 Å². The minimum atomic E-state index is 0.0982. The number of Topliss-reactive ketones (excluding diaryl/α,β-unsaturated/α-hetero) is 1. The molecule has 1 aliphatic rings. The largest absolute Gasteiger partial charge is 0.494 e. The van der Waals surface area contributed by atoms with Crippen LogP contribution >= 0.6 is 0 Å². The molecule has 2 heteroatoms. The zero-order valence-corrected chi connectivity index (χ0v) is 17.5. The van der Waals surface area contributed by atoms with Gasteiger partial charge in [-0.15, -0.1) is 0 Å². The van der Waals surface area contributed by atoms with Crippen LogP contribution in [-0.4, -0.2) is 12.4 Å². The number of rotatable bonds is 9. The summed E-state index contributed by atoms with van der Waals surface area (Å²) in [5.74, 6) is 2.07. The van der Waals surface area contributed by atoms with Crippen molar-refractivity contribution < 1.29 is 9.53 Å². The van der Waals surface area contributed by atoms with Gasteiger partial charge in [0.1, 0.15) is 11.5 Å². The Morgan fingerprint density at radius 1 is 0.857 bits per heavy atom. The van der Waals surface area contributed by atoms with Gasteiger partial charge in [0.05, 0.1) is 6.61 Å². The maximum atomic E-state index is 12.6. The molecule has 3 rings (SSSR count). The number of unbranched alkanes of at least 4 members (excludes halogenated alkanes) is 2. The Labute approximate surface area is 170 Å². The van der Waals surface area contributed by atoms with E-state index in [9.17, 15) is 4.79 Å². The molecule has 2 atom stereocenters. The molecule has 0 unspecified atom stereocenters. The van der Waals surface area contributed by atoms with Gasteiger partial charge in [-0.1, -0.05) is 75.9 Å². The SMILES string of the molecule is CCCCCOc1ccc(-c2ccc([C@H]3CC[C@H](CCC)CC3=O)cc2)cc1. The molecule has 0 N–H and O–H groups in total. The second kappa shape index (κ2) is 10.5. The third-order valence-electron chi connectivity index (χ3n) is 5.96. The van der Waals surface area contributed by atoms with Crippen LogP contribution in [0.2, 0.25) is 0 Å². The summed E-state index contributed by atoms with van der Waals surface area (Å²) >= 11 is 0. The molecule has 0 saturated heterocycles. The van der Waals surface area contributed by atoms with E-state index < -0.39 is 0 Å². The van der Waals surface area contributed by atoms with Crippen molar-refractivity contribution in [1.29, 1.82) is 0 Å². The van der Waals surface area contributed by atoms with Gasteiger partial charge in [0.25, 0.3) is 0 Å². The summed E-state index contributed by atoms with van der Waals surface area (Å²) in [7, 11) is 0. The highest BCUT2D eigenvalue weighted by Crippen LogP contribution is 2.35. The maximum absolute atomic E-state index is 12.6. The number of benzene rings is 2. The lowest BCUT2D eigenvalue weighted by Crippen LogP contribution is -2.23. The van der Waals surface area contributed by atoms with E-state index in [1.54, 1.807) is 0 Å². The van der Waals surface area contributed by atoms with Crippen LogP contribution in [-0.2, 0) is 4.79 Å². The lowest BCUT2D eigenvalue weighted by molar-refractivity contribution is -0.123. The van der Waals surface area contributed by atoms with Crippen LogP contribution in [0.15, 0.2) is 48.5 Å². The highest BCUT2D eigenvalue weighted by molar-refractivity contribution is 5.86. The number of ketones is 1. The first-order valence-corrected chi connectivity index (χ1v) is 11.1. The summed E-state index contributed by atoms with van der Waals surface area (Å²) in [6, 6.07) is 16.9. The van der Waals surface area contributed by atoms with Crippen LogP contribution in [0.4, 0.5) is 0 Å². The van der Waals surface area contributed by atoms with E-state index >= 15 is 0 Å². The predicted octanol–water partition coefficient (Wildman–Crippen LogP) is 7.18. The summed E-state index contributed by atoms with van der Waals surface area (Å²) in [5.41, 5.74) is 3.55. The van der Waals surface area contributed by atoms with Crippen molar-refractivity contribution in [3.8, 4) is 16.9 Å². The van der Waals surface area contributed by atoms with Crippen LogP contribution < -0.4 is 4.74 Å². The highest BCUT2D eigenvalue weighted by Gasteiger charge is 2.29. The molecular weight excluding hydrogens is 344 g/mol. The van der Waals surface area contributed by atoms with Gasteiger partial charge in [0.15, 0.2) is 0 Å². The molecule has 1 saturated carbocycles. The Morgan fingerprint density at radius 3 is 2.14 bits per heavy atom. The summed E-state index contributed by atoms with van der Waals surface area (Å²) in [4.78, 5) is 12.6. The monoisotopic (exact) mass is 378 g/mol. The Morgan fingerprint density at radius 2 is 1.54 bits per heavy atom. The average molecular weight is 379 g/mol. The van der Waals surface area contributed by atoms with Crippen molar-refractivity contribution in [1.82, 2.24) is 0 Å². The zero-order valence-electron chi connectivity index (χ0n) is 17.5. The summed E-state index contributed by atoms with van der Waals surface area (Å²) in [5, 5.41) is 0. The first kappa shape index (κ1) is 20.6. The molecule has 0 spiro atoms. The van der Waals surface area contributed by atoms with E-state index in [1.807, 2.05) is 12.1 Å². The molecule has 2 aromatic rings. The van der Waals surface area contributed by atoms with Gasteiger partial charge >= 0.3 is 0 Å². The number of carbonyl (C=O) groups is 1. The average Bonchev–Trinajstić information content (AvgIpc) is 2.72. The van der Waals surface area contributed by atoms with Crippen molar-refractivity contribution >= 4 is 5.78 Å². The molecule has 0 heterocycles. The lowest BCUT2D eigenvalue weighted by Gasteiger charge is -2.27. The fourth-order valence-electron chi connectivity index (χ4n) is 4.29. The molecule has 2 nitrogen and oxygen atoms in total. The Bertz CT molecular complexity index is 730. The van der Waals surface area contributed by atoms with Crippen molar-refractivity contribution in [2.75, 3.05) is 6.61 Å². The van der Waals surface area contributed by atoms with Crippen LogP contribution in [0.25, 0.3) is 11.1 Å². The highest BCUT2D eigenvalue weighted by atomic mass is 16.5. The molecule has 0 radical (unpaired) electrons. The van der Waals surface area contributed by atoms with Crippen molar-refractivity contribution in [3.63, 3.8) is 0 Å². The van der Waals surface area contributed by atoms with Crippen molar-refractivity contribution in [3.05, 3.63) is 54.1 Å². The fraction of sp³-hybridized carbons (Fsp3) is 0.500. The molecule has 0 amide bonds. The predicted molar refractivity (Wildman–Crippen MR) is 117 cm³/mol. The van der Waals surface area contributed by atoms with Crippen LogP contribution in [0.5, 0.6) is 5.75 Å². The first-order valence-electron chi connectivity index (χ1n) is 11.1. The smallest absolute Gasteiger partial charge is 0.140 e. The summed E-state index contributed by atoms with van der Waals surface area (Å²) in [6.07, 6.45) is 8.87. The number of hydrogen-bond acceptors (Lipinski definition) is 2. The van der Waals surface area contributed by atoms with Crippen LogP contribution in [0.1, 0.15) is 76.7 Å². The van der Waals surface area contributed by atoms with E-state index in [4.69, 9.17) is 4.74 Å². The zero-order chi connectivity index (χ0) is 19.8. The Balaban J connectivity index is 1.59. The second-order valence-electron chi connectivity index (χ2n) is 8.16. The van der Waals surface area contributed by atoms with E-state index in [-0.39, 0.29) is 5.92 Å². The third kappa shape index (κ3) is 5.47. The van der Waals surface area contributed by atoms with Gasteiger partial charge in [-0.3, -0.25) is 4.79 Å². The normalized spacial score (nSPS) is 19.6. The third-order valence-corrected chi connectivity index (χ3v) is 5.96. The van der Waals surface area contributed by atoms with E-state index in [2.05, 4.69) is 50.2 Å². The maximum Gasteiger partial charge on any atom is 0.140 e. The van der Waals surface area contributed by atoms with Gasteiger partial charge in [-0.25, -0.2) is 0 Å².